The Labute approximate surface area is 109 Å². The predicted molar refractivity (Wildman–Crippen MR) is 63.6 cm³/mol. The van der Waals surface area contributed by atoms with Crippen molar-refractivity contribution < 1.29 is 19.4 Å². The van der Waals surface area contributed by atoms with E-state index in [0.717, 1.165) is 0 Å². The lowest BCUT2D eigenvalue weighted by molar-refractivity contribution is -0.142. The van der Waals surface area contributed by atoms with E-state index in [1.807, 2.05) is 0 Å². The van der Waals surface area contributed by atoms with Crippen LogP contribution in [0.5, 0.6) is 0 Å². The molecule has 5 nitrogen and oxygen atoms in total. The average Bonchev–Trinajstić information content (AvgIpc) is 2.73. The Hall–Kier alpha value is -1.97. The number of carboxylic acids is 1. The van der Waals surface area contributed by atoms with Gasteiger partial charge in [0, 0.05) is 25.1 Å². The van der Waals surface area contributed by atoms with Gasteiger partial charge in [-0.3, -0.25) is 9.69 Å². The Kier molecular flexibility index (Phi) is 3.79. The number of aliphatic carboxylic acids is 1. The molecule has 0 bridgehead atoms. The number of likely N-dealkylation sites (tertiary alicyclic amines) is 1. The van der Waals surface area contributed by atoms with Crippen LogP contribution in [-0.4, -0.2) is 39.8 Å². The summed E-state index contributed by atoms with van der Waals surface area (Å²) in [5, 5.41) is 27.3. The Morgan fingerprint density at radius 3 is 2.95 bits per heavy atom. The lowest BCUT2D eigenvalue weighted by atomic mass is 10.1. The first kappa shape index (κ1) is 13.5. The predicted octanol–water partition coefficient (Wildman–Crippen LogP) is 0.717. The third-order valence-electron chi connectivity index (χ3n) is 3.24. The highest BCUT2D eigenvalue weighted by molar-refractivity contribution is 5.74. The molecule has 0 aliphatic carbocycles. The highest BCUT2D eigenvalue weighted by Gasteiger charge is 2.36. The second-order valence-electron chi connectivity index (χ2n) is 4.56. The molecule has 6 heteroatoms. The highest BCUT2D eigenvalue weighted by atomic mass is 19.1. The number of rotatable bonds is 3. The molecule has 1 aromatic rings. The van der Waals surface area contributed by atoms with Crippen molar-refractivity contribution in [2.45, 2.75) is 25.1 Å². The molecule has 1 aliphatic rings. The number of hydrogen-bond donors (Lipinski definition) is 2. The van der Waals surface area contributed by atoms with Gasteiger partial charge in [0.05, 0.1) is 11.7 Å². The maximum Gasteiger partial charge on any atom is 0.321 e. The summed E-state index contributed by atoms with van der Waals surface area (Å²) in [5.41, 5.74) is 0.198. The fraction of sp³-hybridized carbons (Fsp3) is 0.385. The van der Waals surface area contributed by atoms with Crippen LogP contribution in [0.3, 0.4) is 0 Å². The van der Waals surface area contributed by atoms with E-state index in [1.165, 1.54) is 17.0 Å². The Morgan fingerprint density at radius 1 is 1.58 bits per heavy atom. The first-order valence-corrected chi connectivity index (χ1v) is 5.85. The minimum Gasteiger partial charge on any atom is -0.480 e. The molecule has 1 aromatic carbocycles. The van der Waals surface area contributed by atoms with Gasteiger partial charge in [-0.2, -0.15) is 5.26 Å². The third kappa shape index (κ3) is 2.72. The SMILES string of the molecule is N#Cc1cccc(CN2CC(O)CC2C(=O)O)c1F. The van der Waals surface area contributed by atoms with Crippen LogP contribution >= 0.6 is 0 Å². The summed E-state index contributed by atoms with van der Waals surface area (Å²) in [7, 11) is 0. The topological polar surface area (TPSA) is 84.6 Å². The number of carbonyl (C=O) groups is 1. The molecule has 0 aromatic heterocycles. The van der Waals surface area contributed by atoms with Gasteiger partial charge < -0.3 is 10.2 Å². The lowest BCUT2D eigenvalue weighted by Gasteiger charge is -2.21. The largest absolute Gasteiger partial charge is 0.480 e. The quantitative estimate of drug-likeness (QED) is 0.840. The molecule has 0 spiro atoms. The van der Waals surface area contributed by atoms with E-state index in [2.05, 4.69) is 0 Å². The van der Waals surface area contributed by atoms with Crippen LogP contribution in [0, 0.1) is 17.1 Å². The lowest BCUT2D eigenvalue weighted by Crippen LogP contribution is -2.35. The number of nitrogens with zero attached hydrogens (tertiary/aromatic N) is 2. The second kappa shape index (κ2) is 5.34. The fourth-order valence-electron chi connectivity index (χ4n) is 2.32. The molecule has 2 N–H and O–H groups in total. The molecule has 2 rings (SSSR count). The summed E-state index contributed by atoms with van der Waals surface area (Å²) in [6, 6.07) is 5.36. The summed E-state index contributed by atoms with van der Waals surface area (Å²) < 4.78 is 13.9. The highest BCUT2D eigenvalue weighted by Crippen LogP contribution is 2.22. The molecule has 2 atom stereocenters. The molecule has 0 amide bonds. The zero-order valence-corrected chi connectivity index (χ0v) is 10.1. The molecule has 0 radical (unpaired) electrons. The molecule has 100 valence electrons. The van der Waals surface area contributed by atoms with Crippen molar-refractivity contribution in [3.05, 3.63) is 35.1 Å². The molecule has 1 saturated heterocycles. The van der Waals surface area contributed by atoms with E-state index in [-0.39, 0.29) is 30.6 Å². The van der Waals surface area contributed by atoms with Crippen LogP contribution in [0.4, 0.5) is 4.39 Å². The zero-order chi connectivity index (χ0) is 14.0. The molecular formula is C13H13FN2O3. The number of β-amino-alcohol motifs (C(OH)–C–C–N with tert-alkyl or cyclic N) is 1. The van der Waals surface area contributed by atoms with Crippen LogP contribution in [0.15, 0.2) is 18.2 Å². The van der Waals surface area contributed by atoms with Gasteiger partial charge in [-0.1, -0.05) is 12.1 Å². The van der Waals surface area contributed by atoms with Crippen LogP contribution in [-0.2, 0) is 11.3 Å². The third-order valence-corrected chi connectivity index (χ3v) is 3.24. The standard InChI is InChI=1S/C13H13FN2O3/c14-12-8(5-15)2-1-3-9(12)6-16-7-10(17)4-11(16)13(18)19/h1-3,10-11,17H,4,6-7H2,(H,18,19). The average molecular weight is 264 g/mol. The van der Waals surface area contributed by atoms with Crippen molar-refractivity contribution in [2.24, 2.45) is 0 Å². The van der Waals surface area contributed by atoms with E-state index in [9.17, 15) is 14.3 Å². The molecule has 19 heavy (non-hydrogen) atoms. The van der Waals surface area contributed by atoms with Crippen molar-refractivity contribution >= 4 is 5.97 Å². The van der Waals surface area contributed by atoms with Crippen molar-refractivity contribution in [2.75, 3.05) is 6.54 Å². The minimum absolute atomic E-state index is 0.0649. The monoisotopic (exact) mass is 264 g/mol. The van der Waals surface area contributed by atoms with Gasteiger partial charge >= 0.3 is 5.97 Å². The molecular weight excluding hydrogens is 251 g/mol. The van der Waals surface area contributed by atoms with E-state index >= 15 is 0 Å². The summed E-state index contributed by atoms with van der Waals surface area (Å²) in [5.74, 6) is -1.66. The molecule has 1 fully saturated rings. The van der Waals surface area contributed by atoms with E-state index in [0.29, 0.717) is 0 Å². The maximum absolute atomic E-state index is 13.9. The van der Waals surface area contributed by atoms with Gasteiger partial charge in [0.1, 0.15) is 17.9 Å². The molecule has 1 heterocycles. The smallest absolute Gasteiger partial charge is 0.321 e. The Balaban J connectivity index is 2.22. The normalized spacial score (nSPS) is 23.2. The molecule has 2 unspecified atom stereocenters. The van der Waals surface area contributed by atoms with Crippen LogP contribution in [0.2, 0.25) is 0 Å². The van der Waals surface area contributed by atoms with Gasteiger partial charge in [0.2, 0.25) is 0 Å². The molecule has 1 aliphatic heterocycles. The maximum atomic E-state index is 13.9. The number of nitriles is 1. The summed E-state index contributed by atoms with van der Waals surface area (Å²) in [4.78, 5) is 12.6. The van der Waals surface area contributed by atoms with E-state index in [1.54, 1.807) is 12.1 Å². The van der Waals surface area contributed by atoms with Crippen LogP contribution in [0.1, 0.15) is 17.5 Å². The number of hydrogen-bond acceptors (Lipinski definition) is 4. The van der Waals surface area contributed by atoms with Crippen LogP contribution in [0.25, 0.3) is 0 Å². The zero-order valence-electron chi connectivity index (χ0n) is 10.1. The second-order valence-corrected chi connectivity index (χ2v) is 4.56. The van der Waals surface area contributed by atoms with Gasteiger partial charge in [0.15, 0.2) is 0 Å². The van der Waals surface area contributed by atoms with E-state index in [4.69, 9.17) is 10.4 Å². The van der Waals surface area contributed by atoms with Gasteiger partial charge in [0.25, 0.3) is 0 Å². The minimum atomic E-state index is -1.03. The van der Waals surface area contributed by atoms with Crippen molar-refractivity contribution in [3.63, 3.8) is 0 Å². The number of aliphatic hydroxyl groups excluding tert-OH is 1. The van der Waals surface area contributed by atoms with Gasteiger partial charge in [-0.15, -0.1) is 0 Å². The van der Waals surface area contributed by atoms with Crippen molar-refractivity contribution in [1.82, 2.24) is 4.90 Å². The fourth-order valence-corrected chi connectivity index (χ4v) is 2.32. The summed E-state index contributed by atoms with van der Waals surface area (Å²) in [6.07, 6.45) is -0.585. The summed E-state index contributed by atoms with van der Waals surface area (Å²) >= 11 is 0. The summed E-state index contributed by atoms with van der Waals surface area (Å²) in [6.45, 7) is 0.253. The van der Waals surface area contributed by atoms with Crippen molar-refractivity contribution in [3.8, 4) is 6.07 Å². The van der Waals surface area contributed by atoms with Crippen LogP contribution < -0.4 is 0 Å². The first-order valence-electron chi connectivity index (χ1n) is 5.85. The van der Waals surface area contributed by atoms with Gasteiger partial charge in [-0.05, 0) is 6.07 Å². The van der Waals surface area contributed by atoms with Gasteiger partial charge in [-0.25, -0.2) is 4.39 Å². The van der Waals surface area contributed by atoms with E-state index < -0.39 is 23.9 Å². The van der Waals surface area contributed by atoms with Crippen molar-refractivity contribution in [1.29, 1.82) is 5.26 Å². The Morgan fingerprint density at radius 2 is 2.32 bits per heavy atom. The molecule has 0 saturated carbocycles. The number of aliphatic hydroxyl groups is 1. The Bertz CT molecular complexity index is 541. The number of benzene rings is 1. The first-order chi connectivity index (χ1) is 9.02. The number of halogens is 1. The number of carboxylic acid groups (broad SMARTS) is 1.